The summed E-state index contributed by atoms with van der Waals surface area (Å²) in [6.45, 7) is 1.13. The molecule has 2 heterocycles. The Bertz CT molecular complexity index is 1080. The number of nitrogens with one attached hydrogen (secondary N) is 1. The van der Waals surface area contributed by atoms with E-state index in [2.05, 4.69) is 20.8 Å². The van der Waals surface area contributed by atoms with Gasteiger partial charge >= 0.3 is 0 Å². The highest BCUT2D eigenvalue weighted by Gasteiger charge is 2.41. The lowest BCUT2D eigenvalue weighted by atomic mass is 9.95. The molecule has 5 rings (SSSR count). The molecule has 9 heteroatoms. The molecule has 0 saturated heterocycles. The van der Waals surface area contributed by atoms with E-state index in [1.807, 2.05) is 36.4 Å². The van der Waals surface area contributed by atoms with Crippen molar-refractivity contribution >= 4 is 5.69 Å². The van der Waals surface area contributed by atoms with E-state index in [-0.39, 0.29) is 5.54 Å². The van der Waals surface area contributed by atoms with Gasteiger partial charge in [0.05, 0.1) is 25.4 Å². The Kier molecular flexibility index (Phi) is 5.01. The highest BCUT2D eigenvalue weighted by Crippen LogP contribution is 2.43. The molecule has 0 atom stereocenters. The maximum atomic E-state index is 5.76. The molecule has 1 N–H and O–H groups in total. The van der Waals surface area contributed by atoms with Gasteiger partial charge in [-0.2, -0.15) is 4.68 Å². The lowest BCUT2D eigenvalue weighted by Gasteiger charge is -2.31. The Balaban J connectivity index is 1.52. The molecule has 162 valence electrons. The minimum atomic E-state index is -0.388. The maximum Gasteiger partial charge on any atom is 0.181 e. The van der Waals surface area contributed by atoms with Gasteiger partial charge in [0, 0.05) is 17.8 Å². The predicted octanol–water partition coefficient (Wildman–Crippen LogP) is 3.33. The van der Waals surface area contributed by atoms with Crippen molar-refractivity contribution in [3.05, 3.63) is 42.2 Å². The van der Waals surface area contributed by atoms with Crippen LogP contribution < -0.4 is 24.3 Å². The normalized spacial score (nSPS) is 16.7. The summed E-state index contributed by atoms with van der Waals surface area (Å²) in [6.07, 6.45) is 4.04. The summed E-state index contributed by atoms with van der Waals surface area (Å²) in [5.41, 5.74) is 1.38. The van der Waals surface area contributed by atoms with Gasteiger partial charge in [-0.05, 0) is 47.5 Å². The number of fused-ring (bicyclic) bond motifs is 1. The zero-order valence-electron chi connectivity index (χ0n) is 17.6. The van der Waals surface area contributed by atoms with Gasteiger partial charge in [-0.3, -0.25) is 0 Å². The first kappa shape index (κ1) is 19.5. The fraction of sp³-hybridized carbons (Fsp3) is 0.409. The van der Waals surface area contributed by atoms with Gasteiger partial charge in [0.25, 0.3) is 0 Å². The molecule has 31 heavy (non-hydrogen) atoms. The zero-order valence-corrected chi connectivity index (χ0v) is 17.6. The Hall–Kier alpha value is -3.49. The number of aromatic nitrogens is 4. The van der Waals surface area contributed by atoms with Gasteiger partial charge in [-0.1, -0.05) is 12.8 Å². The molecule has 1 saturated carbocycles. The van der Waals surface area contributed by atoms with Crippen LogP contribution in [0.15, 0.2) is 36.4 Å². The van der Waals surface area contributed by atoms with Crippen LogP contribution in [0.25, 0.3) is 5.69 Å². The Morgan fingerprint density at radius 3 is 2.48 bits per heavy atom. The summed E-state index contributed by atoms with van der Waals surface area (Å²) >= 11 is 0. The average Bonchev–Trinajstić information content (AvgIpc) is 3.49. The van der Waals surface area contributed by atoms with E-state index in [9.17, 15) is 0 Å². The summed E-state index contributed by atoms with van der Waals surface area (Å²) in [5.74, 6) is 3.58. The second kappa shape index (κ2) is 7.98. The number of methoxy groups -OCH3 is 2. The molecule has 1 aliphatic heterocycles. The smallest absolute Gasteiger partial charge is 0.181 e. The van der Waals surface area contributed by atoms with Crippen LogP contribution in [0.2, 0.25) is 0 Å². The standard InChI is InChI=1S/C22H25N5O4/c1-28-17-8-6-16(14-19(17)29-2)27-21(24-25-26-27)22(9-3-4-10-22)23-15-5-7-18-20(13-15)31-12-11-30-18/h5-8,13-14,23H,3-4,9-12H2,1-2H3. The molecule has 2 aliphatic rings. The SMILES string of the molecule is COc1ccc(-n2nnnc2C2(Nc3ccc4c(c3)OCCO4)CCCC2)cc1OC. The topological polar surface area (TPSA) is 92.6 Å². The zero-order chi connectivity index (χ0) is 21.3. The third kappa shape index (κ3) is 3.49. The van der Waals surface area contributed by atoms with E-state index in [4.69, 9.17) is 18.9 Å². The van der Waals surface area contributed by atoms with Gasteiger partial charge in [0.15, 0.2) is 28.8 Å². The van der Waals surface area contributed by atoms with Crippen LogP contribution >= 0.6 is 0 Å². The van der Waals surface area contributed by atoms with Crippen molar-refractivity contribution in [3.63, 3.8) is 0 Å². The average molecular weight is 423 g/mol. The second-order valence-electron chi connectivity index (χ2n) is 7.73. The molecule has 0 amide bonds. The van der Waals surface area contributed by atoms with E-state index >= 15 is 0 Å². The van der Waals surface area contributed by atoms with Crippen LogP contribution in [-0.4, -0.2) is 47.6 Å². The number of tetrazole rings is 1. The molecule has 9 nitrogen and oxygen atoms in total. The first-order valence-corrected chi connectivity index (χ1v) is 10.4. The van der Waals surface area contributed by atoms with E-state index in [1.54, 1.807) is 18.9 Å². The van der Waals surface area contributed by atoms with E-state index < -0.39 is 0 Å². The third-order valence-corrected chi connectivity index (χ3v) is 5.89. The molecule has 1 aromatic heterocycles. The van der Waals surface area contributed by atoms with Crippen LogP contribution in [0.1, 0.15) is 31.5 Å². The fourth-order valence-electron chi connectivity index (χ4n) is 4.40. The van der Waals surface area contributed by atoms with Crippen LogP contribution in [0.4, 0.5) is 5.69 Å². The van der Waals surface area contributed by atoms with Crippen LogP contribution in [0.5, 0.6) is 23.0 Å². The number of hydrogen-bond donors (Lipinski definition) is 1. The van der Waals surface area contributed by atoms with E-state index in [0.717, 1.165) is 54.4 Å². The van der Waals surface area contributed by atoms with Gasteiger partial charge in [0.2, 0.25) is 0 Å². The Morgan fingerprint density at radius 1 is 0.935 bits per heavy atom. The predicted molar refractivity (Wildman–Crippen MR) is 113 cm³/mol. The van der Waals surface area contributed by atoms with Crippen molar-refractivity contribution in [2.45, 2.75) is 31.2 Å². The molecule has 0 unspecified atom stereocenters. The molecule has 3 aromatic rings. The van der Waals surface area contributed by atoms with E-state index in [1.165, 1.54) is 0 Å². The van der Waals surface area contributed by atoms with Crippen LogP contribution in [-0.2, 0) is 5.54 Å². The Labute approximate surface area is 180 Å². The number of benzene rings is 2. The number of nitrogens with zero attached hydrogens (tertiary/aromatic N) is 4. The molecular formula is C22H25N5O4. The van der Waals surface area contributed by atoms with E-state index in [0.29, 0.717) is 24.7 Å². The first-order chi connectivity index (χ1) is 15.2. The van der Waals surface area contributed by atoms with Crippen molar-refractivity contribution in [2.75, 3.05) is 32.8 Å². The van der Waals surface area contributed by atoms with Gasteiger partial charge in [0.1, 0.15) is 13.2 Å². The second-order valence-corrected chi connectivity index (χ2v) is 7.73. The van der Waals surface area contributed by atoms with Crippen LogP contribution in [0.3, 0.4) is 0 Å². The molecule has 0 bridgehead atoms. The number of ether oxygens (including phenoxy) is 4. The summed E-state index contributed by atoms with van der Waals surface area (Å²) in [7, 11) is 3.23. The molecule has 1 fully saturated rings. The summed E-state index contributed by atoms with van der Waals surface area (Å²) in [4.78, 5) is 0. The van der Waals surface area contributed by atoms with Crippen molar-refractivity contribution < 1.29 is 18.9 Å². The lowest BCUT2D eigenvalue weighted by Crippen LogP contribution is -2.35. The van der Waals surface area contributed by atoms with Crippen molar-refractivity contribution in [3.8, 4) is 28.7 Å². The molecule has 1 aliphatic carbocycles. The highest BCUT2D eigenvalue weighted by atomic mass is 16.6. The number of anilines is 1. The quantitative estimate of drug-likeness (QED) is 0.645. The molecular weight excluding hydrogens is 398 g/mol. The first-order valence-electron chi connectivity index (χ1n) is 10.4. The summed E-state index contributed by atoms with van der Waals surface area (Å²) in [6, 6.07) is 11.6. The van der Waals surface area contributed by atoms with Crippen molar-refractivity contribution in [1.29, 1.82) is 0 Å². The van der Waals surface area contributed by atoms with Crippen molar-refractivity contribution in [2.24, 2.45) is 0 Å². The summed E-state index contributed by atoms with van der Waals surface area (Å²) in [5, 5.41) is 16.5. The number of rotatable bonds is 6. The maximum absolute atomic E-state index is 5.76. The Morgan fingerprint density at radius 2 is 1.71 bits per heavy atom. The fourth-order valence-corrected chi connectivity index (χ4v) is 4.40. The lowest BCUT2D eigenvalue weighted by molar-refractivity contribution is 0.171. The van der Waals surface area contributed by atoms with Gasteiger partial charge in [-0.15, -0.1) is 5.10 Å². The molecule has 0 radical (unpaired) electrons. The van der Waals surface area contributed by atoms with Crippen LogP contribution in [0, 0.1) is 0 Å². The minimum Gasteiger partial charge on any atom is -0.493 e. The monoisotopic (exact) mass is 423 g/mol. The molecule has 2 aromatic carbocycles. The van der Waals surface area contributed by atoms with Gasteiger partial charge < -0.3 is 24.3 Å². The largest absolute Gasteiger partial charge is 0.493 e. The minimum absolute atomic E-state index is 0.388. The molecule has 0 spiro atoms. The third-order valence-electron chi connectivity index (χ3n) is 5.89. The summed E-state index contributed by atoms with van der Waals surface area (Å²) < 4.78 is 24.0. The highest BCUT2D eigenvalue weighted by molar-refractivity contribution is 5.57. The van der Waals surface area contributed by atoms with Gasteiger partial charge in [-0.25, -0.2) is 0 Å². The number of hydrogen-bond acceptors (Lipinski definition) is 8. The van der Waals surface area contributed by atoms with Crippen molar-refractivity contribution in [1.82, 2.24) is 20.2 Å².